The summed E-state index contributed by atoms with van der Waals surface area (Å²) in [7, 11) is 0. The highest BCUT2D eigenvalue weighted by Crippen LogP contribution is 2.21. The summed E-state index contributed by atoms with van der Waals surface area (Å²) >= 11 is 0. The Hall–Kier alpha value is -3.06. The maximum atomic E-state index is 13.7. The predicted molar refractivity (Wildman–Crippen MR) is 113 cm³/mol. The molecule has 0 unspecified atom stereocenters. The standard InChI is InChI=1S/C23H26FN5O/c24-21-4-2-1-3-18(21)7-13-26-23(30)20-9-15-28(16-10-20)17-29-22(8-14-27-29)19-5-11-25-12-6-19/h1-6,8,11-12,14,20H,7,9-10,13,15-17H2,(H,26,30). The number of halogens is 1. The minimum Gasteiger partial charge on any atom is -0.356 e. The molecule has 1 fully saturated rings. The van der Waals surface area contributed by atoms with E-state index in [1.165, 1.54) is 6.07 Å². The Kier molecular flexibility index (Phi) is 6.49. The van der Waals surface area contributed by atoms with Gasteiger partial charge in [-0.1, -0.05) is 18.2 Å². The van der Waals surface area contributed by atoms with E-state index in [1.807, 2.05) is 35.1 Å². The number of piperidine rings is 1. The molecule has 6 nitrogen and oxygen atoms in total. The van der Waals surface area contributed by atoms with Gasteiger partial charge < -0.3 is 5.32 Å². The average molecular weight is 407 g/mol. The van der Waals surface area contributed by atoms with Crippen LogP contribution in [0.1, 0.15) is 18.4 Å². The average Bonchev–Trinajstić information content (AvgIpc) is 3.24. The van der Waals surface area contributed by atoms with Crippen LogP contribution in [0.4, 0.5) is 4.39 Å². The monoisotopic (exact) mass is 407 g/mol. The number of nitrogens with one attached hydrogen (secondary N) is 1. The summed E-state index contributed by atoms with van der Waals surface area (Å²) < 4.78 is 15.7. The molecule has 0 saturated carbocycles. The van der Waals surface area contributed by atoms with Crippen molar-refractivity contribution in [2.45, 2.75) is 25.9 Å². The van der Waals surface area contributed by atoms with Gasteiger partial charge in [0, 0.05) is 49.7 Å². The van der Waals surface area contributed by atoms with E-state index >= 15 is 0 Å². The van der Waals surface area contributed by atoms with E-state index in [0.29, 0.717) is 25.2 Å². The van der Waals surface area contributed by atoms with Crippen LogP contribution < -0.4 is 5.32 Å². The number of carbonyl (C=O) groups is 1. The molecule has 1 N–H and O–H groups in total. The van der Waals surface area contributed by atoms with Gasteiger partial charge in [-0.25, -0.2) is 4.39 Å². The first-order valence-corrected chi connectivity index (χ1v) is 10.4. The van der Waals surface area contributed by atoms with E-state index in [0.717, 1.165) is 37.2 Å². The van der Waals surface area contributed by atoms with Crippen molar-refractivity contribution in [3.63, 3.8) is 0 Å². The molecule has 2 aromatic heterocycles. The SMILES string of the molecule is O=C(NCCc1ccccc1F)C1CCN(Cn2nccc2-c2ccncc2)CC1. The van der Waals surface area contributed by atoms with Crippen LogP contribution in [-0.2, 0) is 17.9 Å². The van der Waals surface area contributed by atoms with Crippen LogP contribution in [0.3, 0.4) is 0 Å². The number of nitrogens with zero attached hydrogens (tertiary/aromatic N) is 4. The molecule has 1 amide bonds. The van der Waals surface area contributed by atoms with Crippen molar-refractivity contribution in [2.24, 2.45) is 5.92 Å². The van der Waals surface area contributed by atoms with Crippen LogP contribution in [0.25, 0.3) is 11.3 Å². The summed E-state index contributed by atoms with van der Waals surface area (Å²) in [6.45, 7) is 2.86. The molecule has 1 saturated heterocycles. The molecule has 0 atom stereocenters. The highest BCUT2D eigenvalue weighted by Gasteiger charge is 2.25. The van der Waals surface area contributed by atoms with Crippen LogP contribution >= 0.6 is 0 Å². The highest BCUT2D eigenvalue weighted by molar-refractivity contribution is 5.78. The van der Waals surface area contributed by atoms with E-state index in [2.05, 4.69) is 20.3 Å². The summed E-state index contributed by atoms with van der Waals surface area (Å²) in [5.74, 6) is -0.133. The lowest BCUT2D eigenvalue weighted by Gasteiger charge is -2.31. The fourth-order valence-corrected chi connectivity index (χ4v) is 3.91. The van der Waals surface area contributed by atoms with Crippen LogP contribution in [0.5, 0.6) is 0 Å². The van der Waals surface area contributed by atoms with Crippen molar-refractivity contribution >= 4 is 5.91 Å². The molecule has 0 bridgehead atoms. The highest BCUT2D eigenvalue weighted by atomic mass is 19.1. The van der Waals surface area contributed by atoms with Crippen LogP contribution in [-0.4, -0.2) is 45.2 Å². The molecule has 1 aliphatic rings. The lowest BCUT2D eigenvalue weighted by molar-refractivity contribution is -0.126. The lowest BCUT2D eigenvalue weighted by atomic mass is 9.96. The number of likely N-dealkylation sites (tertiary alicyclic amines) is 1. The Morgan fingerprint density at radius 1 is 1.07 bits per heavy atom. The fraction of sp³-hybridized carbons (Fsp3) is 0.348. The number of carbonyl (C=O) groups excluding carboxylic acids is 1. The molecule has 30 heavy (non-hydrogen) atoms. The number of hydrogen-bond donors (Lipinski definition) is 1. The van der Waals surface area contributed by atoms with Crippen molar-refractivity contribution in [3.8, 4) is 11.3 Å². The molecule has 4 rings (SSSR count). The second-order valence-corrected chi connectivity index (χ2v) is 7.62. The van der Waals surface area contributed by atoms with Gasteiger partial charge in [0.1, 0.15) is 5.82 Å². The Bertz CT molecular complexity index is 966. The van der Waals surface area contributed by atoms with Crippen LogP contribution in [0, 0.1) is 11.7 Å². The van der Waals surface area contributed by atoms with Crippen LogP contribution in [0.2, 0.25) is 0 Å². The molecule has 0 aliphatic carbocycles. The van der Waals surface area contributed by atoms with Crippen LogP contribution in [0.15, 0.2) is 61.1 Å². The van der Waals surface area contributed by atoms with Gasteiger partial charge in [0.2, 0.25) is 5.91 Å². The van der Waals surface area contributed by atoms with E-state index in [4.69, 9.17) is 0 Å². The minimum atomic E-state index is -0.218. The quantitative estimate of drug-likeness (QED) is 0.654. The van der Waals surface area contributed by atoms with Gasteiger partial charge in [0.05, 0.1) is 12.4 Å². The van der Waals surface area contributed by atoms with Crippen molar-refractivity contribution in [3.05, 3.63) is 72.4 Å². The number of hydrogen-bond acceptors (Lipinski definition) is 4. The normalized spacial score (nSPS) is 15.2. The fourth-order valence-electron chi connectivity index (χ4n) is 3.91. The van der Waals surface area contributed by atoms with Gasteiger partial charge in [-0.3, -0.25) is 19.4 Å². The summed E-state index contributed by atoms with van der Waals surface area (Å²) in [5, 5.41) is 7.43. The first-order chi connectivity index (χ1) is 14.7. The maximum Gasteiger partial charge on any atom is 0.223 e. The zero-order valence-corrected chi connectivity index (χ0v) is 16.9. The lowest BCUT2D eigenvalue weighted by Crippen LogP contribution is -2.41. The van der Waals surface area contributed by atoms with Gasteiger partial charge in [0.15, 0.2) is 0 Å². The molecular formula is C23H26FN5O. The second kappa shape index (κ2) is 9.63. The van der Waals surface area contributed by atoms with Gasteiger partial charge in [-0.15, -0.1) is 0 Å². The molecule has 3 heterocycles. The molecule has 3 aromatic rings. The molecule has 7 heteroatoms. The predicted octanol–water partition coefficient (Wildman–Crippen LogP) is 3.11. The number of rotatable bonds is 7. The second-order valence-electron chi connectivity index (χ2n) is 7.62. The maximum absolute atomic E-state index is 13.7. The van der Waals surface area contributed by atoms with E-state index in [1.54, 1.807) is 24.5 Å². The molecular weight excluding hydrogens is 381 g/mol. The van der Waals surface area contributed by atoms with Crippen molar-refractivity contribution < 1.29 is 9.18 Å². The molecule has 1 aromatic carbocycles. The molecule has 1 aliphatic heterocycles. The zero-order valence-electron chi connectivity index (χ0n) is 16.9. The summed E-state index contributed by atoms with van der Waals surface area (Å²) in [5.41, 5.74) is 2.79. The summed E-state index contributed by atoms with van der Waals surface area (Å²) in [4.78, 5) is 18.9. The van der Waals surface area contributed by atoms with Crippen molar-refractivity contribution in [2.75, 3.05) is 19.6 Å². The van der Waals surface area contributed by atoms with E-state index in [-0.39, 0.29) is 17.6 Å². The summed E-state index contributed by atoms with van der Waals surface area (Å²) in [6.07, 6.45) is 7.51. The number of benzene rings is 1. The first-order valence-electron chi connectivity index (χ1n) is 10.4. The largest absolute Gasteiger partial charge is 0.356 e. The molecule has 0 spiro atoms. The third-order valence-corrected chi connectivity index (χ3v) is 5.64. The minimum absolute atomic E-state index is 0.0131. The van der Waals surface area contributed by atoms with Gasteiger partial charge in [-0.05, 0) is 49.1 Å². The first kappa shape index (κ1) is 20.2. The van der Waals surface area contributed by atoms with Crippen molar-refractivity contribution in [1.29, 1.82) is 0 Å². The Balaban J connectivity index is 1.24. The van der Waals surface area contributed by atoms with Gasteiger partial charge in [0.25, 0.3) is 0 Å². The van der Waals surface area contributed by atoms with Gasteiger partial charge >= 0.3 is 0 Å². The Morgan fingerprint density at radius 3 is 2.60 bits per heavy atom. The molecule has 156 valence electrons. The molecule has 0 radical (unpaired) electrons. The third-order valence-electron chi connectivity index (χ3n) is 5.64. The van der Waals surface area contributed by atoms with E-state index in [9.17, 15) is 9.18 Å². The number of pyridine rings is 1. The van der Waals surface area contributed by atoms with Gasteiger partial charge in [-0.2, -0.15) is 5.10 Å². The number of amides is 1. The Labute approximate surface area is 175 Å². The topological polar surface area (TPSA) is 63.1 Å². The smallest absolute Gasteiger partial charge is 0.223 e. The van der Waals surface area contributed by atoms with Crippen molar-refractivity contribution in [1.82, 2.24) is 25.0 Å². The number of aromatic nitrogens is 3. The third kappa shape index (κ3) is 4.91. The summed E-state index contributed by atoms with van der Waals surface area (Å²) in [6, 6.07) is 12.7. The van der Waals surface area contributed by atoms with E-state index < -0.39 is 0 Å². The zero-order chi connectivity index (χ0) is 20.8. The Morgan fingerprint density at radius 2 is 1.83 bits per heavy atom.